The summed E-state index contributed by atoms with van der Waals surface area (Å²) in [5.41, 5.74) is 2.20. The van der Waals surface area contributed by atoms with Crippen molar-refractivity contribution >= 4 is 17.5 Å². The molecule has 3 aromatic rings. The number of hydrogen-bond donors (Lipinski definition) is 1. The molecule has 23 heavy (non-hydrogen) atoms. The lowest BCUT2D eigenvalue weighted by atomic mass is 10.2. The number of nitrogens with zero attached hydrogens (tertiary/aromatic N) is 1. The minimum absolute atomic E-state index is 0.192. The van der Waals surface area contributed by atoms with Gasteiger partial charge in [-0.2, -0.15) is 0 Å². The highest BCUT2D eigenvalue weighted by atomic mass is 35.5. The molecule has 0 saturated heterocycles. The first kappa shape index (κ1) is 15.3. The van der Waals surface area contributed by atoms with E-state index >= 15 is 0 Å². The van der Waals surface area contributed by atoms with Crippen LogP contribution in [0.15, 0.2) is 65.3 Å². The number of oxazole rings is 1. The summed E-state index contributed by atoms with van der Waals surface area (Å²) in [4.78, 5) is 16.5. The number of aromatic nitrogens is 1. The van der Waals surface area contributed by atoms with E-state index in [1.807, 2.05) is 30.3 Å². The molecule has 2 aromatic carbocycles. The molecule has 5 heteroatoms. The van der Waals surface area contributed by atoms with Gasteiger partial charge in [0.05, 0.1) is 16.3 Å². The third-order valence-corrected chi connectivity index (χ3v) is 3.69. The van der Waals surface area contributed by atoms with Gasteiger partial charge >= 0.3 is 0 Å². The Hall–Kier alpha value is -2.59. The van der Waals surface area contributed by atoms with Gasteiger partial charge < -0.3 is 9.73 Å². The first-order chi connectivity index (χ1) is 11.2. The van der Waals surface area contributed by atoms with Crippen molar-refractivity contribution < 1.29 is 9.21 Å². The second kappa shape index (κ2) is 7.11. The van der Waals surface area contributed by atoms with E-state index in [0.717, 1.165) is 11.3 Å². The quantitative estimate of drug-likeness (QED) is 0.772. The van der Waals surface area contributed by atoms with E-state index in [2.05, 4.69) is 10.3 Å². The fraction of sp³-hybridized carbons (Fsp3) is 0.111. The summed E-state index contributed by atoms with van der Waals surface area (Å²) in [6.45, 7) is 0.463. The van der Waals surface area contributed by atoms with Crippen LogP contribution in [-0.2, 0) is 6.42 Å². The molecule has 1 amide bonds. The first-order valence-corrected chi connectivity index (χ1v) is 7.64. The van der Waals surface area contributed by atoms with E-state index in [1.165, 1.54) is 0 Å². The Morgan fingerprint density at radius 2 is 1.83 bits per heavy atom. The summed E-state index contributed by atoms with van der Waals surface area (Å²) >= 11 is 6.00. The number of rotatable bonds is 5. The van der Waals surface area contributed by atoms with Crippen LogP contribution in [0, 0.1) is 0 Å². The minimum Gasteiger partial charge on any atom is -0.444 e. The Morgan fingerprint density at radius 1 is 1.09 bits per heavy atom. The highest BCUT2D eigenvalue weighted by molar-refractivity contribution is 6.33. The zero-order chi connectivity index (χ0) is 16.1. The van der Waals surface area contributed by atoms with Crippen LogP contribution in [0.2, 0.25) is 5.02 Å². The maximum absolute atomic E-state index is 12.0. The van der Waals surface area contributed by atoms with Gasteiger partial charge in [-0.25, -0.2) is 4.98 Å². The third kappa shape index (κ3) is 3.79. The molecule has 0 saturated carbocycles. The molecular formula is C18H15ClN2O2. The average Bonchev–Trinajstić information content (AvgIpc) is 3.05. The lowest BCUT2D eigenvalue weighted by Gasteiger charge is -2.05. The lowest BCUT2D eigenvalue weighted by molar-refractivity contribution is 0.0954. The molecule has 0 aliphatic rings. The van der Waals surface area contributed by atoms with Gasteiger partial charge in [-0.3, -0.25) is 4.79 Å². The van der Waals surface area contributed by atoms with Crippen molar-refractivity contribution in [2.75, 3.05) is 6.54 Å². The lowest BCUT2D eigenvalue weighted by Crippen LogP contribution is -2.26. The summed E-state index contributed by atoms with van der Waals surface area (Å²) in [7, 11) is 0. The standard InChI is InChI=1S/C18H15ClN2O2/c19-16-9-5-4-8-15(16)17(22)20-11-10-14-12-23-18(21-14)13-6-2-1-3-7-13/h1-9,12H,10-11H2,(H,20,22). The van der Waals surface area contributed by atoms with Crippen LogP contribution < -0.4 is 5.32 Å². The largest absolute Gasteiger partial charge is 0.444 e. The van der Waals surface area contributed by atoms with Crippen LogP contribution >= 0.6 is 11.6 Å². The number of halogens is 1. The van der Waals surface area contributed by atoms with Crippen LogP contribution in [0.1, 0.15) is 16.1 Å². The zero-order valence-corrected chi connectivity index (χ0v) is 13.1. The van der Waals surface area contributed by atoms with Crippen LogP contribution in [0.25, 0.3) is 11.5 Å². The number of carbonyl (C=O) groups excluding carboxylic acids is 1. The van der Waals surface area contributed by atoms with E-state index in [0.29, 0.717) is 29.4 Å². The molecule has 0 aliphatic carbocycles. The average molecular weight is 327 g/mol. The SMILES string of the molecule is O=C(NCCc1coc(-c2ccccc2)n1)c1ccccc1Cl. The topological polar surface area (TPSA) is 55.1 Å². The predicted molar refractivity (Wildman–Crippen MR) is 89.4 cm³/mol. The first-order valence-electron chi connectivity index (χ1n) is 7.26. The molecule has 4 nitrogen and oxygen atoms in total. The Labute approximate surface area is 139 Å². The van der Waals surface area contributed by atoms with E-state index in [1.54, 1.807) is 30.5 Å². The smallest absolute Gasteiger partial charge is 0.252 e. The fourth-order valence-corrected chi connectivity index (χ4v) is 2.40. The molecule has 3 rings (SSSR count). The van der Waals surface area contributed by atoms with Crippen LogP contribution in [0.4, 0.5) is 0 Å². The van der Waals surface area contributed by atoms with Crippen molar-refractivity contribution in [3.05, 3.63) is 77.1 Å². The molecule has 0 radical (unpaired) electrons. The van der Waals surface area contributed by atoms with Gasteiger partial charge in [-0.05, 0) is 24.3 Å². The molecule has 0 spiro atoms. The Morgan fingerprint density at radius 3 is 2.61 bits per heavy atom. The summed E-state index contributed by atoms with van der Waals surface area (Å²) in [6, 6.07) is 16.7. The summed E-state index contributed by atoms with van der Waals surface area (Å²) < 4.78 is 5.47. The Balaban J connectivity index is 1.56. The highest BCUT2D eigenvalue weighted by Gasteiger charge is 2.10. The number of carbonyl (C=O) groups is 1. The van der Waals surface area contributed by atoms with E-state index in [-0.39, 0.29) is 5.91 Å². The van der Waals surface area contributed by atoms with Crippen molar-refractivity contribution in [1.82, 2.24) is 10.3 Å². The van der Waals surface area contributed by atoms with E-state index in [9.17, 15) is 4.79 Å². The fourth-order valence-electron chi connectivity index (χ4n) is 2.18. The highest BCUT2D eigenvalue weighted by Crippen LogP contribution is 2.18. The van der Waals surface area contributed by atoms with Crippen molar-refractivity contribution in [2.45, 2.75) is 6.42 Å². The van der Waals surface area contributed by atoms with Gasteiger partial charge in [-0.15, -0.1) is 0 Å². The molecular weight excluding hydrogens is 312 g/mol. The van der Waals surface area contributed by atoms with Crippen LogP contribution in [0.3, 0.4) is 0 Å². The molecule has 116 valence electrons. The van der Waals surface area contributed by atoms with Crippen LogP contribution in [0.5, 0.6) is 0 Å². The molecule has 0 bridgehead atoms. The Bertz CT molecular complexity index is 800. The Kier molecular flexibility index (Phi) is 4.74. The number of hydrogen-bond acceptors (Lipinski definition) is 3. The molecule has 0 atom stereocenters. The second-order valence-corrected chi connectivity index (χ2v) is 5.40. The number of amides is 1. The van der Waals surface area contributed by atoms with Gasteiger partial charge in [0.2, 0.25) is 5.89 Å². The van der Waals surface area contributed by atoms with Gasteiger partial charge in [0.15, 0.2) is 0 Å². The zero-order valence-electron chi connectivity index (χ0n) is 12.3. The van der Waals surface area contributed by atoms with E-state index in [4.69, 9.17) is 16.0 Å². The maximum Gasteiger partial charge on any atom is 0.252 e. The third-order valence-electron chi connectivity index (χ3n) is 3.36. The predicted octanol–water partition coefficient (Wildman–Crippen LogP) is 3.97. The molecule has 1 aromatic heterocycles. The normalized spacial score (nSPS) is 10.5. The maximum atomic E-state index is 12.0. The summed E-state index contributed by atoms with van der Waals surface area (Å²) in [5.74, 6) is 0.389. The molecule has 0 fully saturated rings. The summed E-state index contributed by atoms with van der Waals surface area (Å²) in [6.07, 6.45) is 2.20. The van der Waals surface area contributed by atoms with E-state index < -0.39 is 0 Å². The second-order valence-electron chi connectivity index (χ2n) is 5.00. The molecule has 1 heterocycles. The molecule has 1 N–H and O–H groups in total. The van der Waals surface area contributed by atoms with Gasteiger partial charge in [0, 0.05) is 18.5 Å². The van der Waals surface area contributed by atoms with Crippen molar-refractivity contribution in [3.8, 4) is 11.5 Å². The van der Waals surface area contributed by atoms with Crippen molar-refractivity contribution in [1.29, 1.82) is 0 Å². The van der Waals surface area contributed by atoms with Crippen molar-refractivity contribution in [3.63, 3.8) is 0 Å². The van der Waals surface area contributed by atoms with Gasteiger partial charge in [-0.1, -0.05) is 41.9 Å². The van der Waals surface area contributed by atoms with Gasteiger partial charge in [0.25, 0.3) is 5.91 Å². The number of nitrogens with one attached hydrogen (secondary N) is 1. The molecule has 0 unspecified atom stereocenters. The monoisotopic (exact) mass is 326 g/mol. The molecule has 0 aliphatic heterocycles. The van der Waals surface area contributed by atoms with Crippen LogP contribution in [-0.4, -0.2) is 17.4 Å². The summed E-state index contributed by atoms with van der Waals surface area (Å²) in [5, 5.41) is 3.27. The van der Waals surface area contributed by atoms with Crippen molar-refractivity contribution in [2.24, 2.45) is 0 Å². The van der Waals surface area contributed by atoms with Gasteiger partial charge in [0.1, 0.15) is 6.26 Å². The number of benzene rings is 2. The minimum atomic E-state index is -0.192.